The Morgan fingerprint density at radius 1 is 0.968 bits per heavy atom. The van der Waals surface area contributed by atoms with Crippen molar-refractivity contribution in [1.29, 1.82) is 0 Å². The van der Waals surface area contributed by atoms with Gasteiger partial charge in [0.25, 0.3) is 5.56 Å². The van der Waals surface area contributed by atoms with Crippen LogP contribution >= 0.6 is 0 Å². The number of nitrogens with zero attached hydrogens (tertiary/aromatic N) is 5. The van der Waals surface area contributed by atoms with Crippen LogP contribution in [0, 0.1) is 0 Å². The van der Waals surface area contributed by atoms with E-state index in [0.717, 1.165) is 48.2 Å². The summed E-state index contributed by atoms with van der Waals surface area (Å²) in [4.78, 5) is 28.6. The number of piperidine rings is 1. The summed E-state index contributed by atoms with van der Waals surface area (Å²) < 4.78 is 12.7. The van der Waals surface area contributed by atoms with Crippen LogP contribution in [0.5, 0.6) is 11.5 Å². The average Bonchev–Trinajstić information content (AvgIpc) is 2.83. The highest BCUT2D eigenvalue weighted by Crippen LogP contribution is 2.35. The Morgan fingerprint density at radius 2 is 1.77 bits per heavy atom. The lowest BCUT2D eigenvalue weighted by Gasteiger charge is -2.34. The number of aromatic nitrogens is 4. The minimum atomic E-state index is 0.0195. The first-order chi connectivity index (χ1) is 15.2. The van der Waals surface area contributed by atoms with Gasteiger partial charge in [0.05, 0.1) is 36.8 Å². The molecule has 0 saturated carbocycles. The monoisotopic (exact) mass is 417 g/mol. The van der Waals surface area contributed by atoms with Gasteiger partial charge in [-0.05, 0) is 31.0 Å². The van der Waals surface area contributed by atoms with Crippen LogP contribution in [0.4, 0.5) is 5.82 Å². The van der Waals surface area contributed by atoms with Crippen LogP contribution in [0.25, 0.3) is 21.8 Å². The van der Waals surface area contributed by atoms with Crippen LogP contribution in [0.3, 0.4) is 0 Å². The van der Waals surface area contributed by atoms with Gasteiger partial charge in [0.1, 0.15) is 29.2 Å². The zero-order valence-electron chi connectivity index (χ0n) is 17.5. The molecule has 1 fully saturated rings. The number of hydrogen-bond donors (Lipinski definition) is 0. The standard InChI is InChI=1S/C23H23N5O3/c1-30-16-11-18-21(20(12-16)31-2)24-13-25-22(18)27-9-7-15(8-10-27)28-14-26-19-6-4-3-5-17(19)23(28)29/h3-6,11-15H,7-10H2,1-2H3. The second-order valence-corrected chi connectivity index (χ2v) is 7.62. The molecule has 158 valence electrons. The van der Waals surface area contributed by atoms with E-state index in [4.69, 9.17) is 9.47 Å². The summed E-state index contributed by atoms with van der Waals surface area (Å²) in [5, 5.41) is 1.55. The highest BCUT2D eigenvalue weighted by molar-refractivity contribution is 5.94. The third kappa shape index (κ3) is 3.34. The number of ether oxygens (including phenoxy) is 2. The zero-order chi connectivity index (χ0) is 21.4. The van der Waals surface area contributed by atoms with Crippen LogP contribution in [-0.2, 0) is 0 Å². The summed E-state index contributed by atoms with van der Waals surface area (Å²) in [5.41, 5.74) is 1.51. The van der Waals surface area contributed by atoms with E-state index in [1.807, 2.05) is 36.4 Å². The molecule has 0 aliphatic carbocycles. The SMILES string of the molecule is COc1cc(OC)c2ncnc(N3CCC(n4cnc5ccccc5c4=O)CC3)c2c1. The van der Waals surface area contributed by atoms with Crippen molar-refractivity contribution in [1.82, 2.24) is 19.5 Å². The highest BCUT2D eigenvalue weighted by Gasteiger charge is 2.25. The van der Waals surface area contributed by atoms with Crippen molar-refractivity contribution in [2.75, 3.05) is 32.2 Å². The van der Waals surface area contributed by atoms with Gasteiger partial charge in [-0.15, -0.1) is 0 Å². The summed E-state index contributed by atoms with van der Waals surface area (Å²) in [6, 6.07) is 11.4. The Kier molecular flexibility index (Phi) is 4.89. The number of fused-ring (bicyclic) bond motifs is 2. The number of anilines is 1. The maximum Gasteiger partial charge on any atom is 0.261 e. The van der Waals surface area contributed by atoms with E-state index in [1.165, 1.54) is 0 Å². The molecule has 1 aliphatic rings. The number of hydrogen-bond acceptors (Lipinski definition) is 7. The molecule has 0 unspecified atom stereocenters. The first-order valence-corrected chi connectivity index (χ1v) is 10.3. The first kappa shape index (κ1) is 19.3. The minimum absolute atomic E-state index is 0.0195. The molecule has 0 spiro atoms. The third-order valence-corrected chi connectivity index (χ3v) is 5.96. The van der Waals surface area contributed by atoms with E-state index in [0.29, 0.717) is 16.9 Å². The number of rotatable bonds is 4. The predicted octanol–water partition coefficient (Wildman–Crippen LogP) is 3.20. The van der Waals surface area contributed by atoms with Gasteiger partial charge in [0, 0.05) is 25.2 Å². The third-order valence-electron chi connectivity index (χ3n) is 5.96. The lowest BCUT2D eigenvalue weighted by molar-refractivity contribution is 0.385. The van der Waals surface area contributed by atoms with Gasteiger partial charge in [-0.25, -0.2) is 15.0 Å². The summed E-state index contributed by atoms with van der Waals surface area (Å²) in [5.74, 6) is 2.20. The quantitative estimate of drug-likeness (QED) is 0.504. The molecular formula is C23H23N5O3. The Labute approximate surface area is 179 Å². The zero-order valence-corrected chi connectivity index (χ0v) is 17.5. The normalized spacial score (nSPS) is 14.8. The van der Waals surface area contributed by atoms with Crippen molar-refractivity contribution in [3.63, 3.8) is 0 Å². The second-order valence-electron chi connectivity index (χ2n) is 7.62. The fraction of sp³-hybridized carbons (Fsp3) is 0.304. The van der Waals surface area contributed by atoms with Gasteiger partial charge in [0.15, 0.2) is 0 Å². The highest BCUT2D eigenvalue weighted by atomic mass is 16.5. The van der Waals surface area contributed by atoms with Crippen LogP contribution in [0.15, 0.2) is 53.8 Å². The van der Waals surface area contributed by atoms with Crippen LogP contribution in [0.2, 0.25) is 0 Å². The van der Waals surface area contributed by atoms with Gasteiger partial charge in [0.2, 0.25) is 0 Å². The molecule has 31 heavy (non-hydrogen) atoms. The second kappa shape index (κ2) is 7.86. The summed E-state index contributed by atoms with van der Waals surface area (Å²) in [6.45, 7) is 1.55. The van der Waals surface area contributed by atoms with Crippen LogP contribution < -0.4 is 19.9 Å². The summed E-state index contributed by atoms with van der Waals surface area (Å²) >= 11 is 0. The minimum Gasteiger partial charge on any atom is -0.497 e. The Balaban J connectivity index is 1.44. The Hall–Kier alpha value is -3.68. The van der Waals surface area contributed by atoms with Gasteiger partial charge in [-0.1, -0.05) is 12.1 Å². The lowest BCUT2D eigenvalue weighted by Crippen LogP contribution is -2.38. The topological polar surface area (TPSA) is 82.4 Å². The Morgan fingerprint density at radius 3 is 2.55 bits per heavy atom. The predicted molar refractivity (Wildman–Crippen MR) is 119 cm³/mol. The van der Waals surface area contributed by atoms with Gasteiger partial charge in [-0.3, -0.25) is 9.36 Å². The first-order valence-electron chi connectivity index (χ1n) is 10.3. The largest absolute Gasteiger partial charge is 0.497 e. The molecule has 0 N–H and O–H groups in total. The summed E-state index contributed by atoms with van der Waals surface area (Å²) in [6.07, 6.45) is 4.90. The van der Waals surface area contributed by atoms with Crippen LogP contribution in [-0.4, -0.2) is 46.8 Å². The molecule has 1 aliphatic heterocycles. The molecule has 8 nitrogen and oxygen atoms in total. The van der Waals surface area contributed by atoms with E-state index < -0.39 is 0 Å². The number of para-hydroxylation sites is 1. The molecule has 2 aromatic carbocycles. The molecule has 0 bridgehead atoms. The molecule has 0 atom stereocenters. The van der Waals surface area contributed by atoms with Crippen molar-refractivity contribution in [3.8, 4) is 11.5 Å². The number of methoxy groups -OCH3 is 2. The van der Waals surface area contributed by atoms with Crippen LogP contribution in [0.1, 0.15) is 18.9 Å². The van der Waals surface area contributed by atoms with Crippen molar-refractivity contribution in [3.05, 3.63) is 59.4 Å². The van der Waals surface area contributed by atoms with E-state index in [2.05, 4.69) is 19.9 Å². The van der Waals surface area contributed by atoms with Crippen molar-refractivity contribution in [2.24, 2.45) is 0 Å². The fourth-order valence-corrected chi connectivity index (χ4v) is 4.32. The van der Waals surface area contributed by atoms with Gasteiger partial charge >= 0.3 is 0 Å². The molecule has 5 rings (SSSR count). The van der Waals surface area contributed by atoms with E-state index in [1.54, 1.807) is 31.4 Å². The van der Waals surface area contributed by atoms with Crippen molar-refractivity contribution in [2.45, 2.75) is 18.9 Å². The summed E-state index contributed by atoms with van der Waals surface area (Å²) in [7, 11) is 3.25. The van der Waals surface area contributed by atoms with E-state index in [-0.39, 0.29) is 11.6 Å². The molecule has 4 aromatic rings. The van der Waals surface area contributed by atoms with E-state index >= 15 is 0 Å². The van der Waals surface area contributed by atoms with Gasteiger partial charge < -0.3 is 14.4 Å². The maximum absolute atomic E-state index is 13.0. The van der Waals surface area contributed by atoms with Gasteiger partial charge in [-0.2, -0.15) is 0 Å². The molecular weight excluding hydrogens is 394 g/mol. The van der Waals surface area contributed by atoms with Crippen molar-refractivity contribution < 1.29 is 9.47 Å². The smallest absolute Gasteiger partial charge is 0.261 e. The van der Waals surface area contributed by atoms with Crippen molar-refractivity contribution >= 4 is 27.6 Å². The molecule has 8 heteroatoms. The molecule has 0 amide bonds. The molecule has 2 aromatic heterocycles. The fourth-order valence-electron chi connectivity index (χ4n) is 4.32. The van der Waals surface area contributed by atoms with E-state index in [9.17, 15) is 4.79 Å². The maximum atomic E-state index is 13.0. The molecule has 1 saturated heterocycles. The number of benzene rings is 2. The average molecular weight is 417 g/mol. The Bertz CT molecular complexity index is 1310. The molecule has 3 heterocycles. The lowest BCUT2D eigenvalue weighted by atomic mass is 10.0. The molecule has 0 radical (unpaired) electrons.